The van der Waals surface area contributed by atoms with Gasteiger partial charge in [-0.25, -0.2) is 0 Å². The highest BCUT2D eigenvalue weighted by Crippen LogP contribution is 2.47. The predicted molar refractivity (Wildman–Crippen MR) is 199 cm³/mol. The molecule has 0 radical (unpaired) electrons. The van der Waals surface area contributed by atoms with Crippen molar-refractivity contribution >= 4 is 71.1 Å². The lowest BCUT2D eigenvalue weighted by molar-refractivity contribution is 0.669. The smallest absolute Gasteiger partial charge is 0.136 e. The van der Waals surface area contributed by atoms with Crippen LogP contribution >= 0.6 is 0 Å². The summed E-state index contributed by atoms with van der Waals surface area (Å²) in [5.74, 6) is 0. The molecular weight excluding hydrogens is 556 g/mol. The molecule has 1 nitrogen and oxygen atoms in total. The molecule has 0 aliphatic heterocycles. The molecule has 0 bridgehead atoms. The van der Waals surface area contributed by atoms with Crippen LogP contribution in [-0.2, 0) is 0 Å². The molecule has 0 saturated heterocycles. The number of fused-ring (bicyclic) bond motifs is 8. The van der Waals surface area contributed by atoms with Crippen LogP contribution in [0.5, 0.6) is 0 Å². The Morgan fingerprint density at radius 3 is 1.78 bits per heavy atom. The van der Waals surface area contributed by atoms with Crippen molar-refractivity contribution in [1.82, 2.24) is 0 Å². The molecule has 9 rings (SSSR count). The van der Waals surface area contributed by atoms with Gasteiger partial charge in [0.2, 0.25) is 0 Å². The topological polar surface area (TPSA) is 13.1 Å². The van der Waals surface area contributed by atoms with Crippen LogP contribution in [0.4, 0.5) is 0 Å². The van der Waals surface area contributed by atoms with Crippen LogP contribution < -0.4 is 0 Å². The fourth-order valence-corrected chi connectivity index (χ4v) is 7.44. The van der Waals surface area contributed by atoms with Gasteiger partial charge in [-0.15, -0.1) is 0 Å². The van der Waals surface area contributed by atoms with Crippen molar-refractivity contribution in [2.75, 3.05) is 0 Å². The van der Waals surface area contributed by atoms with Crippen LogP contribution in [0.15, 0.2) is 157 Å². The fourth-order valence-electron chi connectivity index (χ4n) is 7.44. The minimum Gasteiger partial charge on any atom is -0.456 e. The highest BCUT2D eigenvalue weighted by molar-refractivity contribution is 6.26. The van der Waals surface area contributed by atoms with Crippen molar-refractivity contribution in [3.63, 3.8) is 0 Å². The predicted octanol–water partition coefficient (Wildman–Crippen LogP) is 13.0. The summed E-state index contributed by atoms with van der Waals surface area (Å²) < 4.78 is 6.39. The molecule has 1 aromatic heterocycles. The van der Waals surface area contributed by atoms with Crippen LogP contribution in [0.25, 0.3) is 93.4 Å². The standard InChI is InChI=1S/C45H30O/c1-3-4-13-29-27-43-39(24-28(29)2)40-26-31(22-23-42(40)46-43)44-35-18-9-11-20-37(35)45(38-21-12-10-19-36(38)44)41-25-30-14-5-6-15-32(30)33-16-7-8-17-34(33)41/h3-27H,1H2,2H3/b13-4-. The van der Waals surface area contributed by atoms with Gasteiger partial charge in [0.1, 0.15) is 11.2 Å². The summed E-state index contributed by atoms with van der Waals surface area (Å²) in [4.78, 5) is 0. The van der Waals surface area contributed by atoms with E-state index in [9.17, 15) is 0 Å². The molecule has 0 unspecified atom stereocenters. The molecule has 8 aromatic carbocycles. The Balaban J connectivity index is 1.36. The third-order valence-corrected chi connectivity index (χ3v) is 9.53. The SMILES string of the molecule is C=C/C=C\c1cc2oc3ccc(-c4c5ccccc5c(-c5cc6ccccc6c6ccccc56)c5ccccc45)cc3c2cc1C. The Kier molecular flexibility index (Phi) is 5.94. The molecular formula is C45H30O. The molecule has 0 spiro atoms. The van der Waals surface area contributed by atoms with E-state index in [1.54, 1.807) is 6.08 Å². The highest BCUT2D eigenvalue weighted by atomic mass is 16.3. The van der Waals surface area contributed by atoms with Crippen LogP contribution in [0, 0.1) is 6.92 Å². The van der Waals surface area contributed by atoms with Crippen molar-refractivity contribution < 1.29 is 4.42 Å². The minimum atomic E-state index is 0.898. The molecule has 0 aliphatic carbocycles. The maximum Gasteiger partial charge on any atom is 0.136 e. The van der Waals surface area contributed by atoms with Gasteiger partial charge in [-0.1, -0.05) is 128 Å². The molecule has 0 aliphatic rings. The van der Waals surface area contributed by atoms with Crippen LogP contribution in [0.3, 0.4) is 0 Å². The summed E-state index contributed by atoms with van der Waals surface area (Å²) in [6.45, 7) is 5.98. The molecule has 1 heterocycles. The van der Waals surface area contributed by atoms with E-state index < -0.39 is 0 Å². The lowest BCUT2D eigenvalue weighted by atomic mass is 9.83. The van der Waals surface area contributed by atoms with Gasteiger partial charge in [0.15, 0.2) is 0 Å². The maximum atomic E-state index is 6.39. The zero-order valence-corrected chi connectivity index (χ0v) is 25.5. The quantitative estimate of drug-likeness (QED) is 0.114. The Morgan fingerprint density at radius 2 is 1.09 bits per heavy atom. The van der Waals surface area contributed by atoms with E-state index in [1.165, 1.54) is 70.9 Å². The van der Waals surface area contributed by atoms with Gasteiger partial charge in [0.05, 0.1) is 0 Å². The van der Waals surface area contributed by atoms with Crippen molar-refractivity contribution in [2.24, 2.45) is 0 Å². The Morgan fingerprint density at radius 1 is 0.500 bits per heavy atom. The summed E-state index contributed by atoms with van der Waals surface area (Å²) >= 11 is 0. The summed E-state index contributed by atoms with van der Waals surface area (Å²) in [6.07, 6.45) is 5.85. The molecule has 46 heavy (non-hydrogen) atoms. The van der Waals surface area contributed by atoms with E-state index in [4.69, 9.17) is 4.42 Å². The number of allylic oxidation sites excluding steroid dienone is 2. The van der Waals surface area contributed by atoms with Gasteiger partial charge in [-0.3, -0.25) is 0 Å². The summed E-state index contributed by atoms with van der Waals surface area (Å²) in [7, 11) is 0. The van der Waals surface area contributed by atoms with E-state index in [0.29, 0.717) is 0 Å². The van der Waals surface area contributed by atoms with Crippen molar-refractivity contribution in [2.45, 2.75) is 6.92 Å². The summed E-state index contributed by atoms with van der Waals surface area (Å²) in [6, 6.07) is 48.8. The van der Waals surface area contributed by atoms with E-state index in [1.807, 2.05) is 6.08 Å². The molecule has 0 saturated carbocycles. The van der Waals surface area contributed by atoms with Gasteiger partial charge in [-0.2, -0.15) is 0 Å². The number of hydrogen-bond acceptors (Lipinski definition) is 1. The van der Waals surface area contributed by atoms with Gasteiger partial charge in [0.25, 0.3) is 0 Å². The van der Waals surface area contributed by atoms with Crippen LogP contribution in [0.1, 0.15) is 11.1 Å². The van der Waals surface area contributed by atoms with Gasteiger partial charge in [0, 0.05) is 10.8 Å². The monoisotopic (exact) mass is 586 g/mol. The molecule has 0 amide bonds. The highest BCUT2D eigenvalue weighted by Gasteiger charge is 2.20. The Hall–Kier alpha value is -5.92. The van der Waals surface area contributed by atoms with E-state index in [-0.39, 0.29) is 0 Å². The first-order chi connectivity index (χ1) is 22.7. The van der Waals surface area contributed by atoms with Crippen LogP contribution in [0.2, 0.25) is 0 Å². The first-order valence-corrected chi connectivity index (χ1v) is 15.8. The minimum absolute atomic E-state index is 0.898. The molecule has 0 N–H and O–H groups in total. The van der Waals surface area contributed by atoms with Gasteiger partial charge >= 0.3 is 0 Å². The largest absolute Gasteiger partial charge is 0.456 e. The van der Waals surface area contributed by atoms with E-state index >= 15 is 0 Å². The van der Waals surface area contributed by atoms with Crippen molar-refractivity contribution in [3.05, 3.63) is 163 Å². The molecule has 216 valence electrons. The number of benzene rings is 8. The molecule has 9 aromatic rings. The second-order valence-electron chi connectivity index (χ2n) is 12.1. The lowest BCUT2D eigenvalue weighted by Gasteiger charge is -2.19. The van der Waals surface area contributed by atoms with Crippen molar-refractivity contribution in [3.8, 4) is 22.3 Å². The number of furan rings is 1. The van der Waals surface area contributed by atoms with E-state index in [0.717, 1.165) is 27.5 Å². The summed E-state index contributed by atoms with van der Waals surface area (Å²) in [5.41, 5.74) is 9.13. The second-order valence-corrected chi connectivity index (χ2v) is 12.1. The van der Waals surface area contributed by atoms with Gasteiger partial charge in [-0.05, 0) is 114 Å². The first-order valence-electron chi connectivity index (χ1n) is 15.8. The molecule has 1 heteroatoms. The average Bonchev–Trinajstić information content (AvgIpc) is 3.45. The normalized spacial score (nSPS) is 12.0. The molecule has 0 atom stereocenters. The number of hydrogen-bond donors (Lipinski definition) is 0. The maximum absolute atomic E-state index is 6.39. The van der Waals surface area contributed by atoms with E-state index in [2.05, 4.69) is 153 Å². The second kappa shape index (κ2) is 10.3. The Bertz CT molecular complexity index is 2660. The fraction of sp³-hybridized carbons (Fsp3) is 0.0222. The summed E-state index contributed by atoms with van der Waals surface area (Å²) in [5, 5.41) is 12.4. The zero-order valence-electron chi connectivity index (χ0n) is 25.5. The zero-order chi connectivity index (χ0) is 30.8. The third kappa shape index (κ3) is 3.95. The lowest BCUT2D eigenvalue weighted by Crippen LogP contribution is -1.92. The third-order valence-electron chi connectivity index (χ3n) is 9.53. The first kappa shape index (κ1) is 26.5. The van der Waals surface area contributed by atoms with Crippen molar-refractivity contribution in [1.29, 1.82) is 0 Å². The van der Waals surface area contributed by atoms with Crippen LogP contribution in [-0.4, -0.2) is 0 Å². The Labute approximate surface area is 267 Å². The number of rotatable bonds is 4. The number of aryl methyl sites for hydroxylation is 1. The molecule has 0 fully saturated rings. The average molecular weight is 587 g/mol. The van der Waals surface area contributed by atoms with Gasteiger partial charge < -0.3 is 4.42 Å².